The van der Waals surface area contributed by atoms with Gasteiger partial charge < -0.3 is 14.9 Å². The van der Waals surface area contributed by atoms with Gasteiger partial charge in [-0.15, -0.1) is 0 Å². The Balaban J connectivity index is 1.86. The second-order valence-electron chi connectivity index (χ2n) is 8.24. The molecule has 0 radical (unpaired) electrons. The SMILES string of the molecule is Cc1ccc(C(O)=C2C(=O)C(=O)N(Cc3cccnc3)C2c2ccc(N(C)C)cc2)cc1F. The van der Waals surface area contributed by atoms with Gasteiger partial charge in [-0.25, -0.2) is 4.39 Å². The first-order valence-corrected chi connectivity index (χ1v) is 10.5. The molecular weight excluding hydrogens is 421 g/mol. The lowest BCUT2D eigenvalue weighted by Crippen LogP contribution is -2.29. The van der Waals surface area contributed by atoms with Crippen molar-refractivity contribution in [3.8, 4) is 0 Å². The summed E-state index contributed by atoms with van der Waals surface area (Å²) in [5.74, 6) is -2.44. The summed E-state index contributed by atoms with van der Waals surface area (Å²) in [4.78, 5) is 33.6. The van der Waals surface area contributed by atoms with Crippen LogP contribution in [0.2, 0.25) is 0 Å². The summed E-state index contributed by atoms with van der Waals surface area (Å²) < 4.78 is 14.2. The first-order chi connectivity index (χ1) is 15.8. The summed E-state index contributed by atoms with van der Waals surface area (Å²) in [6, 6.07) is 14.4. The molecule has 168 valence electrons. The normalized spacial score (nSPS) is 17.5. The summed E-state index contributed by atoms with van der Waals surface area (Å²) in [6.07, 6.45) is 3.25. The van der Waals surface area contributed by atoms with Crippen LogP contribution in [0.5, 0.6) is 0 Å². The number of aliphatic hydroxyl groups excluding tert-OH is 1. The molecule has 1 aromatic heterocycles. The number of Topliss-reactive ketones (excluding diaryl/α,β-unsaturated/α-hetero) is 1. The van der Waals surface area contributed by atoms with Gasteiger partial charge in [0.05, 0.1) is 11.6 Å². The molecule has 1 unspecified atom stereocenters. The molecule has 1 saturated heterocycles. The second-order valence-corrected chi connectivity index (χ2v) is 8.24. The van der Waals surface area contributed by atoms with E-state index in [4.69, 9.17) is 0 Å². The Morgan fingerprint density at radius 3 is 2.45 bits per heavy atom. The van der Waals surface area contributed by atoms with Gasteiger partial charge >= 0.3 is 0 Å². The van der Waals surface area contributed by atoms with Crippen LogP contribution in [0.15, 0.2) is 72.6 Å². The minimum Gasteiger partial charge on any atom is -0.507 e. The molecule has 6 nitrogen and oxygen atoms in total. The fourth-order valence-corrected chi connectivity index (χ4v) is 3.93. The van der Waals surface area contributed by atoms with E-state index in [-0.39, 0.29) is 17.7 Å². The highest BCUT2D eigenvalue weighted by Crippen LogP contribution is 2.40. The number of hydrogen-bond donors (Lipinski definition) is 1. The predicted molar refractivity (Wildman–Crippen MR) is 124 cm³/mol. The number of aliphatic hydroxyl groups is 1. The number of halogens is 1. The monoisotopic (exact) mass is 445 g/mol. The summed E-state index contributed by atoms with van der Waals surface area (Å²) >= 11 is 0. The average Bonchev–Trinajstić information content (AvgIpc) is 3.06. The smallest absolute Gasteiger partial charge is 0.295 e. The van der Waals surface area contributed by atoms with Crippen LogP contribution < -0.4 is 4.90 Å². The zero-order valence-corrected chi connectivity index (χ0v) is 18.6. The molecular formula is C26H24FN3O3. The summed E-state index contributed by atoms with van der Waals surface area (Å²) in [5, 5.41) is 11.1. The number of aryl methyl sites for hydroxylation is 1. The van der Waals surface area contributed by atoms with E-state index in [1.165, 1.54) is 23.1 Å². The topological polar surface area (TPSA) is 73.7 Å². The van der Waals surface area contributed by atoms with Gasteiger partial charge in [-0.3, -0.25) is 14.6 Å². The third kappa shape index (κ3) is 4.22. The zero-order valence-electron chi connectivity index (χ0n) is 18.6. The van der Waals surface area contributed by atoms with Gasteiger partial charge in [0, 0.05) is 44.3 Å². The number of ketones is 1. The lowest BCUT2D eigenvalue weighted by Gasteiger charge is -2.26. The number of benzene rings is 2. The highest BCUT2D eigenvalue weighted by molar-refractivity contribution is 6.46. The molecule has 1 aliphatic rings. The maximum atomic E-state index is 14.2. The van der Waals surface area contributed by atoms with Crippen LogP contribution >= 0.6 is 0 Å². The number of carbonyl (C=O) groups excluding carboxylic acids is 2. The van der Waals surface area contributed by atoms with E-state index in [9.17, 15) is 19.1 Å². The molecule has 1 atom stereocenters. The van der Waals surface area contributed by atoms with E-state index in [1.807, 2.05) is 49.3 Å². The van der Waals surface area contributed by atoms with Gasteiger partial charge in [-0.1, -0.05) is 30.3 Å². The van der Waals surface area contributed by atoms with Crippen LogP contribution in [0.25, 0.3) is 5.76 Å². The molecule has 1 N–H and O–H groups in total. The fraction of sp³-hybridized carbons (Fsp3) is 0.192. The first-order valence-electron chi connectivity index (χ1n) is 10.5. The third-order valence-electron chi connectivity index (χ3n) is 5.79. The lowest BCUT2D eigenvalue weighted by atomic mass is 9.94. The molecule has 0 saturated carbocycles. The molecule has 1 amide bonds. The minimum absolute atomic E-state index is 0.0650. The molecule has 33 heavy (non-hydrogen) atoms. The van der Waals surface area contributed by atoms with E-state index in [0.29, 0.717) is 11.1 Å². The number of hydrogen-bond acceptors (Lipinski definition) is 5. The Labute approximate surface area is 191 Å². The molecule has 1 fully saturated rings. The molecule has 4 rings (SSSR count). The van der Waals surface area contributed by atoms with Crippen LogP contribution in [-0.4, -0.2) is 40.8 Å². The van der Waals surface area contributed by atoms with Gasteiger partial charge in [0.25, 0.3) is 11.7 Å². The Kier molecular flexibility index (Phi) is 5.96. The van der Waals surface area contributed by atoms with Crippen molar-refractivity contribution in [3.63, 3.8) is 0 Å². The van der Waals surface area contributed by atoms with E-state index in [2.05, 4.69) is 4.98 Å². The van der Waals surface area contributed by atoms with Gasteiger partial charge in [0.15, 0.2) is 0 Å². The van der Waals surface area contributed by atoms with Crippen molar-refractivity contribution in [1.29, 1.82) is 0 Å². The van der Waals surface area contributed by atoms with E-state index < -0.39 is 29.3 Å². The molecule has 3 aromatic rings. The quantitative estimate of drug-likeness (QED) is 0.362. The number of carbonyl (C=O) groups is 2. The highest BCUT2D eigenvalue weighted by atomic mass is 19.1. The van der Waals surface area contributed by atoms with Gasteiger partial charge in [0.1, 0.15) is 11.6 Å². The molecule has 2 aromatic carbocycles. The first kappa shape index (κ1) is 22.2. The Morgan fingerprint density at radius 2 is 1.85 bits per heavy atom. The number of anilines is 1. The van der Waals surface area contributed by atoms with E-state index in [0.717, 1.165) is 11.3 Å². The van der Waals surface area contributed by atoms with Crippen molar-refractivity contribution in [2.75, 3.05) is 19.0 Å². The Hall–Kier alpha value is -4.00. The average molecular weight is 445 g/mol. The summed E-state index contributed by atoms with van der Waals surface area (Å²) in [5.41, 5.74) is 2.86. The minimum atomic E-state index is -0.828. The van der Waals surface area contributed by atoms with E-state index in [1.54, 1.807) is 25.4 Å². The Bertz CT molecular complexity index is 1240. The maximum absolute atomic E-state index is 14.2. The number of rotatable bonds is 5. The van der Waals surface area contributed by atoms with Crippen molar-refractivity contribution in [2.45, 2.75) is 19.5 Å². The van der Waals surface area contributed by atoms with Crippen molar-refractivity contribution < 1.29 is 19.1 Å². The number of nitrogens with zero attached hydrogens (tertiary/aromatic N) is 3. The van der Waals surface area contributed by atoms with Gasteiger partial charge in [-0.2, -0.15) is 0 Å². The molecule has 2 heterocycles. The van der Waals surface area contributed by atoms with Crippen molar-refractivity contribution in [3.05, 3.63) is 101 Å². The molecule has 0 aliphatic carbocycles. The van der Waals surface area contributed by atoms with Crippen LogP contribution in [0.3, 0.4) is 0 Å². The molecule has 0 spiro atoms. The second kappa shape index (κ2) is 8.86. The number of pyridine rings is 1. The molecule has 0 bridgehead atoms. The standard InChI is InChI=1S/C26H24FN3O3/c1-16-6-7-19(13-21(16)27)24(31)22-23(18-8-10-20(11-9-18)29(2)3)30(26(33)25(22)32)15-17-5-4-12-28-14-17/h4-14,23,31H,15H2,1-3H3. The number of likely N-dealkylation sites (tertiary alicyclic amines) is 1. The number of aromatic nitrogens is 1. The summed E-state index contributed by atoms with van der Waals surface area (Å²) in [7, 11) is 3.82. The largest absolute Gasteiger partial charge is 0.507 e. The van der Waals surface area contributed by atoms with Crippen LogP contribution in [0.4, 0.5) is 10.1 Å². The predicted octanol–water partition coefficient (Wildman–Crippen LogP) is 4.22. The van der Waals surface area contributed by atoms with Gasteiger partial charge in [0.2, 0.25) is 0 Å². The fourth-order valence-electron chi connectivity index (χ4n) is 3.93. The molecule has 7 heteroatoms. The van der Waals surface area contributed by atoms with Crippen molar-refractivity contribution >= 4 is 23.1 Å². The van der Waals surface area contributed by atoms with Crippen LogP contribution in [0.1, 0.15) is 28.3 Å². The number of amides is 1. The van der Waals surface area contributed by atoms with Crippen LogP contribution in [-0.2, 0) is 16.1 Å². The Morgan fingerprint density at radius 1 is 1.12 bits per heavy atom. The van der Waals surface area contributed by atoms with Crippen molar-refractivity contribution in [2.24, 2.45) is 0 Å². The lowest BCUT2D eigenvalue weighted by molar-refractivity contribution is -0.140. The zero-order chi connectivity index (χ0) is 23.7. The molecule has 1 aliphatic heterocycles. The van der Waals surface area contributed by atoms with E-state index >= 15 is 0 Å². The van der Waals surface area contributed by atoms with Crippen LogP contribution in [0, 0.1) is 12.7 Å². The highest BCUT2D eigenvalue weighted by Gasteiger charge is 2.46. The maximum Gasteiger partial charge on any atom is 0.295 e. The summed E-state index contributed by atoms with van der Waals surface area (Å²) in [6.45, 7) is 1.75. The van der Waals surface area contributed by atoms with Crippen molar-refractivity contribution in [1.82, 2.24) is 9.88 Å². The van der Waals surface area contributed by atoms with Gasteiger partial charge in [-0.05, 0) is 47.9 Å². The third-order valence-corrected chi connectivity index (χ3v) is 5.79.